The van der Waals surface area contributed by atoms with Crippen molar-refractivity contribution < 1.29 is 14.3 Å². The molecule has 1 saturated heterocycles. The highest BCUT2D eigenvalue weighted by atomic mass is 79.9. The van der Waals surface area contributed by atoms with Gasteiger partial charge in [0.2, 0.25) is 0 Å². The minimum atomic E-state index is -0.411. The number of hydrogen-bond acceptors (Lipinski definition) is 3. The lowest BCUT2D eigenvalue weighted by atomic mass is 10.0. The second kappa shape index (κ2) is 8.85. The summed E-state index contributed by atoms with van der Waals surface area (Å²) in [6.45, 7) is 1.50. The fourth-order valence-electron chi connectivity index (χ4n) is 2.96. The van der Waals surface area contributed by atoms with Crippen molar-refractivity contribution in [2.75, 3.05) is 13.1 Å². The van der Waals surface area contributed by atoms with Gasteiger partial charge in [-0.1, -0.05) is 52.3 Å². The number of likely N-dealkylation sites (tertiary alicyclic amines) is 1. The summed E-state index contributed by atoms with van der Waals surface area (Å²) in [5.74, 6) is 0.0244. The first-order valence-electron chi connectivity index (χ1n) is 8.64. The van der Waals surface area contributed by atoms with Crippen molar-refractivity contribution in [1.29, 1.82) is 0 Å². The van der Waals surface area contributed by atoms with Crippen LogP contribution in [0.15, 0.2) is 59.1 Å². The molecule has 0 bridgehead atoms. The second-order valence-electron chi connectivity index (χ2n) is 6.28. The Hall–Kier alpha value is -2.34. The molecule has 0 radical (unpaired) electrons. The molecule has 0 atom stereocenters. The van der Waals surface area contributed by atoms with Crippen molar-refractivity contribution >= 4 is 27.9 Å². The predicted molar refractivity (Wildman–Crippen MR) is 103 cm³/mol. The van der Waals surface area contributed by atoms with E-state index >= 15 is 0 Å². The van der Waals surface area contributed by atoms with Crippen molar-refractivity contribution in [1.82, 2.24) is 10.2 Å². The Morgan fingerprint density at radius 2 is 1.81 bits per heavy atom. The van der Waals surface area contributed by atoms with E-state index in [4.69, 9.17) is 4.74 Å². The predicted octanol–water partition coefficient (Wildman–Crippen LogP) is 3.98. The molecule has 6 heteroatoms. The molecule has 5 nitrogen and oxygen atoms in total. The minimum Gasteiger partial charge on any atom is -0.445 e. The summed E-state index contributed by atoms with van der Waals surface area (Å²) in [6.07, 6.45) is 1.03. The van der Waals surface area contributed by atoms with Crippen LogP contribution in [0.4, 0.5) is 4.79 Å². The number of amides is 2. The monoisotopic (exact) mass is 416 g/mol. The van der Waals surface area contributed by atoms with Crippen LogP contribution in [0.3, 0.4) is 0 Å². The third-order valence-corrected chi connectivity index (χ3v) is 4.88. The van der Waals surface area contributed by atoms with E-state index in [1.54, 1.807) is 0 Å². The highest BCUT2D eigenvalue weighted by Gasteiger charge is 2.25. The lowest BCUT2D eigenvalue weighted by molar-refractivity contribution is 0.0700. The van der Waals surface area contributed by atoms with Crippen molar-refractivity contribution in [2.24, 2.45) is 0 Å². The maximum atomic E-state index is 12.5. The van der Waals surface area contributed by atoms with Crippen LogP contribution in [0.1, 0.15) is 28.8 Å². The van der Waals surface area contributed by atoms with E-state index in [9.17, 15) is 9.59 Å². The Bertz CT molecular complexity index is 759. The van der Waals surface area contributed by atoms with Crippen LogP contribution in [0.2, 0.25) is 0 Å². The fraction of sp³-hybridized carbons (Fsp3) is 0.300. The molecular weight excluding hydrogens is 396 g/mol. The largest absolute Gasteiger partial charge is 0.445 e. The van der Waals surface area contributed by atoms with E-state index < -0.39 is 6.09 Å². The number of nitrogens with zero attached hydrogens (tertiary/aromatic N) is 1. The molecule has 2 aromatic rings. The van der Waals surface area contributed by atoms with Gasteiger partial charge in [-0.3, -0.25) is 4.79 Å². The van der Waals surface area contributed by atoms with E-state index in [1.807, 2.05) is 59.5 Å². The zero-order valence-corrected chi connectivity index (χ0v) is 15.9. The molecule has 1 aliphatic heterocycles. The number of benzene rings is 2. The quantitative estimate of drug-likeness (QED) is 0.819. The Labute approximate surface area is 161 Å². The summed E-state index contributed by atoms with van der Waals surface area (Å²) in [6, 6.07) is 17.0. The van der Waals surface area contributed by atoms with Crippen LogP contribution in [0.5, 0.6) is 0 Å². The van der Waals surface area contributed by atoms with Gasteiger partial charge in [0.15, 0.2) is 0 Å². The number of hydrogen-bond donors (Lipinski definition) is 1. The smallest absolute Gasteiger partial charge is 0.407 e. The van der Waals surface area contributed by atoms with Crippen molar-refractivity contribution in [3.63, 3.8) is 0 Å². The van der Waals surface area contributed by atoms with Gasteiger partial charge >= 0.3 is 6.09 Å². The number of carbonyl (C=O) groups is 2. The normalized spacial score (nSPS) is 14.7. The summed E-state index contributed by atoms with van der Waals surface area (Å²) >= 11 is 3.39. The summed E-state index contributed by atoms with van der Waals surface area (Å²) in [5, 5.41) is 2.89. The topological polar surface area (TPSA) is 58.6 Å². The molecular formula is C20H21BrN2O3. The van der Waals surface area contributed by atoms with Gasteiger partial charge < -0.3 is 15.0 Å². The first-order chi connectivity index (χ1) is 12.6. The molecule has 1 heterocycles. The maximum absolute atomic E-state index is 12.5. The SMILES string of the molecule is O=C(NC1CCN(C(=O)c2cccc(Br)c2)CC1)OCc1ccccc1. The number of carbonyl (C=O) groups excluding carboxylic acids is 2. The Morgan fingerprint density at radius 1 is 1.08 bits per heavy atom. The van der Waals surface area contributed by atoms with Crippen molar-refractivity contribution in [3.05, 3.63) is 70.2 Å². The summed E-state index contributed by atoms with van der Waals surface area (Å²) in [7, 11) is 0. The molecule has 0 unspecified atom stereocenters. The number of piperidine rings is 1. The Morgan fingerprint density at radius 3 is 2.50 bits per heavy atom. The van der Waals surface area contributed by atoms with E-state index in [0.717, 1.165) is 22.9 Å². The van der Waals surface area contributed by atoms with Crippen molar-refractivity contribution in [2.45, 2.75) is 25.5 Å². The number of alkyl carbamates (subject to hydrolysis) is 1. The summed E-state index contributed by atoms with van der Waals surface area (Å²) in [4.78, 5) is 26.3. The molecule has 2 amide bonds. The molecule has 136 valence electrons. The lowest BCUT2D eigenvalue weighted by Gasteiger charge is -2.32. The molecule has 1 N–H and O–H groups in total. The van der Waals surface area contributed by atoms with E-state index in [1.165, 1.54) is 0 Å². The van der Waals surface area contributed by atoms with Gasteiger partial charge in [0, 0.05) is 29.2 Å². The van der Waals surface area contributed by atoms with Crippen LogP contribution in [0, 0.1) is 0 Å². The van der Waals surface area contributed by atoms with Gasteiger partial charge in [0.05, 0.1) is 0 Å². The highest BCUT2D eigenvalue weighted by molar-refractivity contribution is 9.10. The third-order valence-electron chi connectivity index (χ3n) is 4.39. The van der Waals surface area contributed by atoms with Crippen LogP contribution < -0.4 is 5.32 Å². The number of nitrogens with one attached hydrogen (secondary N) is 1. The minimum absolute atomic E-state index is 0.0244. The number of rotatable bonds is 4. The van der Waals surface area contributed by atoms with Gasteiger partial charge in [-0.25, -0.2) is 4.79 Å². The molecule has 3 rings (SSSR count). The van der Waals surface area contributed by atoms with E-state index in [0.29, 0.717) is 18.7 Å². The molecule has 0 aromatic heterocycles. The molecule has 26 heavy (non-hydrogen) atoms. The summed E-state index contributed by atoms with van der Waals surface area (Å²) < 4.78 is 6.14. The molecule has 0 saturated carbocycles. The molecule has 0 aliphatic carbocycles. The van der Waals surface area contributed by atoms with E-state index in [2.05, 4.69) is 21.2 Å². The van der Waals surface area contributed by atoms with Gasteiger partial charge in [-0.2, -0.15) is 0 Å². The number of ether oxygens (including phenoxy) is 1. The molecule has 0 spiro atoms. The van der Waals surface area contributed by atoms with Gasteiger partial charge in [0.25, 0.3) is 5.91 Å². The Kier molecular flexibility index (Phi) is 6.28. The van der Waals surface area contributed by atoms with Gasteiger partial charge in [-0.15, -0.1) is 0 Å². The van der Waals surface area contributed by atoms with Crippen LogP contribution in [-0.2, 0) is 11.3 Å². The lowest BCUT2D eigenvalue weighted by Crippen LogP contribution is -2.46. The molecule has 1 fully saturated rings. The molecule has 1 aliphatic rings. The van der Waals surface area contributed by atoms with Crippen LogP contribution >= 0.6 is 15.9 Å². The first kappa shape index (κ1) is 18.5. The standard InChI is InChI=1S/C20H21BrN2O3/c21-17-8-4-7-16(13-17)19(24)23-11-9-18(10-12-23)22-20(25)26-14-15-5-2-1-3-6-15/h1-8,13,18H,9-12,14H2,(H,22,25). The first-order valence-corrected chi connectivity index (χ1v) is 9.43. The second-order valence-corrected chi connectivity index (χ2v) is 7.20. The van der Waals surface area contributed by atoms with Crippen LogP contribution in [-0.4, -0.2) is 36.0 Å². The zero-order chi connectivity index (χ0) is 18.4. The summed E-state index contributed by atoms with van der Waals surface area (Å²) in [5.41, 5.74) is 1.63. The van der Waals surface area contributed by atoms with Crippen LogP contribution in [0.25, 0.3) is 0 Å². The third kappa shape index (κ3) is 5.08. The maximum Gasteiger partial charge on any atom is 0.407 e. The Balaban J connectivity index is 1.43. The average molecular weight is 417 g/mol. The average Bonchev–Trinajstić information content (AvgIpc) is 2.67. The number of halogens is 1. The van der Waals surface area contributed by atoms with E-state index in [-0.39, 0.29) is 18.6 Å². The fourth-order valence-corrected chi connectivity index (χ4v) is 3.36. The highest BCUT2D eigenvalue weighted by Crippen LogP contribution is 2.17. The molecule has 2 aromatic carbocycles. The van der Waals surface area contributed by atoms with Gasteiger partial charge in [0.1, 0.15) is 6.61 Å². The van der Waals surface area contributed by atoms with Crippen molar-refractivity contribution in [3.8, 4) is 0 Å². The van der Waals surface area contributed by atoms with Gasteiger partial charge in [-0.05, 0) is 36.6 Å². The zero-order valence-electron chi connectivity index (χ0n) is 14.4.